The third kappa shape index (κ3) is 3.78. The predicted molar refractivity (Wildman–Crippen MR) is 90.6 cm³/mol. The van der Waals surface area contributed by atoms with E-state index in [1.165, 1.54) is 25.7 Å². The summed E-state index contributed by atoms with van der Waals surface area (Å²) in [4.78, 5) is 0. The van der Waals surface area contributed by atoms with Crippen LogP contribution >= 0.6 is 0 Å². The second kappa shape index (κ2) is 7.49. The monoisotopic (exact) mass is 372 g/mol. The van der Waals surface area contributed by atoms with E-state index in [1.807, 2.05) is 0 Å². The number of benzene rings is 1. The van der Waals surface area contributed by atoms with Gasteiger partial charge in [0.1, 0.15) is 0 Å². The third-order valence-electron chi connectivity index (χ3n) is 6.07. The van der Waals surface area contributed by atoms with Crippen LogP contribution in [0.4, 0.5) is 13.2 Å². The number of rotatable bonds is 4. The van der Waals surface area contributed by atoms with Crippen molar-refractivity contribution in [1.29, 1.82) is 0 Å². The van der Waals surface area contributed by atoms with Crippen LogP contribution in [0.2, 0.25) is 0 Å². The van der Waals surface area contributed by atoms with Crippen molar-refractivity contribution in [3.8, 4) is 0 Å². The van der Waals surface area contributed by atoms with Crippen LogP contribution in [0.3, 0.4) is 0 Å². The van der Waals surface area contributed by atoms with E-state index < -0.39 is 23.4 Å². The first-order chi connectivity index (χ1) is 12.3. The molecule has 0 atom stereocenters. The van der Waals surface area contributed by atoms with Crippen LogP contribution in [-0.2, 0) is 15.4 Å². The molecule has 26 heavy (non-hydrogen) atoms. The van der Waals surface area contributed by atoms with E-state index in [-0.39, 0.29) is 24.2 Å². The molecule has 3 rings (SSSR count). The Hall–Kier alpha value is -1.11. The summed E-state index contributed by atoms with van der Waals surface area (Å²) >= 11 is 0. The molecule has 0 aromatic heterocycles. The average Bonchev–Trinajstić information content (AvgIpc) is 2.63. The van der Waals surface area contributed by atoms with Crippen molar-refractivity contribution in [2.75, 3.05) is 13.2 Å². The van der Waals surface area contributed by atoms with Crippen molar-refractivity contribution in [1.82, 2.24) is 0 Å². The molecule has 3 nitrogen and oxygen atoms in total. The van der Waals surface area contributed by atoms with Gasteiger partial charge in [0.25, 0.3) is 0 Å². The molecular weight excluding hydrogens is 345 g/mol. The van der Waals surface area contributed by atoms with Crippen LogP contribution in [0.25, 0.3) is 0 Å². The summed E-state index contributed by atoms with van der Waals surface area (Å²) in [5.74, 6) is -5.41. The Bertz CT molecular complexity index is 610. The maximum absolute atomic E-state index is 13.5. The molecule has 2 fully saturated rings. The van der Waals surface area contributed by atoms with Gasteiger partial charge in [0, 0.05) is 11.0 Å². The molecule has 6 heteroatoms. The van der Waals surface area contributed by atoms with Crippen molar-refractivity contribution in [2.24, 2.45) is 17.3 Å². The lowest BCUT2D eigenvalue weighted by Crippen LogP contribution is -2.50. The molecule has 0 unspecified atom stereocenters. The van der Waals surface area contributed by atoms with Crippen molar-refractivity contribution in [3.63, 3.8) is 0 Å². The average molecular weight is 372 g/mol. The van der Waals surface area contributed by atoms with Gasteiger partial charge in [0.2, 0.25) is 0 Å². The Kier molecular flexibility index (Phi) is 5.66. The van der Waals surface area contributed by atoms with Crippen molar-refractivity contribution >= 4 is 0 Å². The molecule has 1 aliphatic carbocycles. The van der Waals surface area contributed by atoms with Crippen molar-refractivity contribution < 1.29 is 27.8 Å². The second-order valence-corrected chi connectivity index (χ2v) is 8.07. The zero-order valence-electron chi connectivity index (χ0n) is 15.4. The summed E-state index contributed by atoms with van der Waals surface area (Å²) in [7, 11) is 0. The quantitative estimate of drug-likeness (QED) is 0.767. The molecule has 1 saturated carbocycles. The van der Waals surface area contributed by atoms with Crippen LogP contribution in [-0.4, -0.2) is 18.3 Å². The summed E-state index contributed by atoms with van der Waals surface area (Å²) in [5.41, 5.74) is -0.539. The maximum Gasteiger partial charge on any atom is 0.309 e. The van der Waals surface area contributed by atoms with Gasteiger partial charge >= 0.3 is 5.97 Å². The Morgan fingerprint density at radius 2 is 1.58 bits per heavy atom. The van der Waals surface area contributed by atoms with E-state index in [0.29, 0.717) is 18.1 Å². The summed E-state index contributed by atoms with van der Waals surface area (Å²) in [6.07, 6.45) is 7.02. The fourth-order valence-electron chi connectivity index (χ4n) is 4.31. The lowest BCUT2D eigenvalue weighted by Gasteiger charge is -2.47. The Balaban J connectivity index is 1.66. The van der Waals surface area contributed by atoms with E-state index in [9.17, 15) is 18.3 Å². The number of ether oxygens (including phenoxy) is 2. The van der Waals surface area contributed by atoms with Crippen LogP contribution in [0.15, 0.2) is 12.1 Å². The molecule has 0 bridgehead atoms. The van der Waals surface area contributed by atoms with Gasteiger partial charge in [-0.25, -0.2) is 13.2 Å². The Morgan fingerprint density at radius 1 is 1.04 bits per heavy atom. The summed E-state index contributed by atoms with van der Waals surface area (Å²) in [6, 6.07) is 1.41. The van der Waals surface area contributed by atoms with Gasteiger partial charge in [0.05, 0.1) is 13.2 Å². The highest BCUT2D eigenvalue weighted by Crippen LogP contribution is 2.46. The molecule has 1 aromatic rings. The summed E-state index contributed by atoms with van der Waals surface area (Å²) in [6.45, 7) is 4.70. The number of halogens is 3. The first kappa shape index (κ1) is 19.6. The molecule has 2 aliphatic rings. The SMILES string of the molecule is CCCC1CCC(C2(C)COC(O)(c3cc(F)c(F)c(F)c3)OC2)CC1. The van der Waals surface area contributed by atoms with Gasteiger partial charge in [-0.1, -0.05) is 39.5 Å². The molecule has 146 valence electrons. The highest BCUT2D eigenvalue weighted by atomic mass is 19.2. The fourth-order valence-corrected chi connectivity index (χ4v) is 4.31. The van der Waals surface area contributed by atoms with Crippen LogP contribution in [0, 0.1) is 34.7 Å². The molecular formula is C20H27F3O3. The lowest BCUT2D eigenvalue weighted by atomic mass is 9.67. The number of aliphatic hydroxyl groups is 1. The smallest absolute Gasteiger partial charge is 0.309 e. The number of hydrogen-bond acceptors (Lipinski definition) is 3. The summed E-state index contributed by atoms with van der Waals surface area (Å²) < 4.78 is 51.1. The molecule has 0 amide bonds. The molecule has 1 N–H and O–H groups in total. The van der Waals surface area contributed by atoms with E-state index in [4.69, 9.17) is 9.47 Å². The van der Waals surface area contributed by atoms with Gasteiger partial charge in [0.15, 0.2) is 17.5 Å². The van der Waals surface area contributed by atoms with E-state index in [1.54, 1.807) is 0 Å². The lowest BCUT2D eigenvalue weighted by molar-refractivity contribution is -0.419. The highest BCUT2D eigenvalue weighted by Gasteiger charge is 2.47. The molecule has 1 heterocycles. The first-order valence-corrected chi connectivity index (χ1v) is 9.42. The van der Waals surface area contributed by atoms with Crippen LogP contribution < -0.4 is 0 Å². The minimum Gasteiger partial charge on any atom is -0.339 e. The molecule has 1 aromatic carbocycles. The minimum absolute atomic E-state index is 0.216. The Labute approximate surface area is 152 Å². The van der Waals surface area contributed by atoms with Crippen LogP contribution in [0.5, 0.6) is 0 Å². The van der Waals surface area contributed by atoms with Gasteiger partial charge in [-0.15, -0.1) is 0 Å². The largest absolute Gasteiger partial charge is 0.339 e. The van der Waals surface area contributed by atoms with Crippen molar-refractivity contribution in [2.45, 2.75) is 58.3 Å². The standard InChI is InChI=1S/C20H27F3O3/c1-3-4-13-5-7-14(8-6-13)19(2)11-25-20(24,26-12-19)15-9-16(21)18(23)17(22)10-15/h9-10,13-14,24H,3-8,11-12H2,1-2H3. The molecule has 1 saturated heterocycles. The predicted octanol–water partition coefficient (Wildman–Crippen LogP) is 4.87. The first-order valence-electron chi connectivity index (χ1n) is 9.42. The van der Waals surface area contributed by atoms with Gasteiger partial charge in [-0.05, 0) is 36.8 Å². The van der Waals surface area contributed by atoms with Crippen LogP contribution in [0.1, 0.15) is 57.9 Å². The second-order valence-electron chi connectivity index (χ2n) is 8.07. The van der Waals surface area contributed by atoms with Gasteiger partial charge in [-0.3, -0.25) is 0 Å². The fraction of sp³-hybridized carbons (Fsp3) is 0.700. The normalized spacial score (nSPS) is 35.5. The van der Waals surface area contributed by atoms with Crippen molar-refractivity contribution in [3.05, 3.63) is 35.1 Å². The van der Waals surface area contributed by atoms with Gasteiger partial charge in [-0.2, -0.15) is 0 Å². The zero-order valence-corrected chi connectivity index (χ0v) is 15.4. The van der Waals surface area contributed by atoms with E-state index in [0.717, 1.165) is 18.8 Å². The summed E-state index contributed by atoms with van der Waals surface area (Å²) in [5, 5.41) is 10.5. The molecule has 0 spiro atoms. The zero-order chi connectivity index (χ0) is 18.9. The van der Waals surface area contributed by atoms with Gasteiger partial charge < -0.3 is 14.6 Å². The third-order valence-corrected chi connectivity index (χ3v) is 6.07. The number of hydrogen-bond donors (Lipinski definition) is 1. The molecule has 1 aliphatic heterocycles. The van der Waals surface area contributed by atoms with E-state index in [2.05, 4.69) is 13.8 Å². The highest BCUT2D eigenvalue weighted by molar-refractivity contribution is 5.22. The minimum atomic E-state index is -2.26. The van der Waals surface area contributed by atoms with E-state index >= 15 is 0 Å². The topological polar surface area (TPSA) is 38.7 Å². The molecule has 0 radical (unpaired) electrons. The Morgan fingerprint density at radius 3 is 2.08 bits per heavy atom. The maximum atomic E-state index is 13.5.